The first-order valence-corrected chi connectivity index (χ1v) is 6.09. The Labute approximate surface area is 99.1 Å². The minimum absolute atomic E-state index is 0.171. The molecule has 0 amide bonds. The lowest BCUT2D eigenvalue weighted by atomic mass is 9.67. The summed E-state index contributed by atoms with van der Waals surface area (Å²) in [6, 6.07) is 0. The topological polar surface area (TPSA) is 40.5 Å². The molecule has 0 aromatic carbocycles. The highest BCUT2D eigenvalue weighted by Crippen LogP contribution is 2.56. The van der Waals surface area contributed by atoms with E-state index < -0.39 is 6.10 Å². The highest BCUT2D eigenvalue weighted by Gasteiger charge is 2.52. The summed E-state index contributed by atoms with van der Waals surface area (Å²) in [5, 5.41) is 19.4. The van der Waals surface area contributed by atoms with Gasteiger partial charge in [-0.05, 0) is 37.5 Å². The molecule has 0 heterocycles. The third-order valence-electron chi connectivity index (χ3n) is 4.37. The number of rotatable bonds is 3. The lowest BCUT2D eigenvalue weighted by Crippen LogP contribution is -2.39. The van der Waals surface area contributed by atoms with Gasteiger partial charge in [-0.1, -0.05) is 26.7 Å². The summed E-state index contributed by atoms with van der Waals surface area (Å²) in [5.41, 5.74) is 0.0170. The van der Waals surface area contributed by atoms with Gasteiger partial charge >= 0.3 is 0 Å². The maximum absolute atomic E-state index is 10.2. The van der Waals surface area contributed by atoms with Gasteiger partial charge in [0, 0.05) is 12.0 Å². The molecule has 1 unspecified atom stereocenters. The molecule has 16 heavy (non-hydrogen) atoms. The van der Waals surface area contributed by atoms with Gasteiger partial charge in [0.1, 0.15) is 6.10 Å². The maximum Gasteiger partial charge on any atom is 0.120 e. The van der Waals surface area contributed by atoms with Crippen LogP contribution in [0.1, 0.15) is 47.0 Å². The monoisotopic (exact) mass is 224 g/mol. The van der Waals surface area contributed by atoms with E-state index in [1.165, 1.54) is 0 Å². The van der Waals surface area contributed by atoms with E-state index in [0.717, 1.165) is 19.3 Å². The van der Waals surface area contributed by atoms with Gasteiger partial charge in [0.25, 0.3) is 0 Å². The zero-order valence-electron chi connectivity index (χ0n) is 10.9. The average Bonchev–Trinajstić information content (AvgIpc) is 2.44. The van der Waals surface area contributed by atoms with E-state index in [0.29, 0.717) is 5.92 Å². The largest absolute Gasteiger partial charge is 0.396 e. The summed E-state index contributed by atoms with van der Waals surface area (Å²) in [5.74, 6) is 6.01. The van der Waals surface area contributed by atoms with Crippen LogP contribution in [0.15, 0.2) is 0 Å². The first-order chi connectivity index (χ1) is 7.38. The second kappa shape index (κ2) is 4.77. The molecule has 0 radical (unpaired) electrons. The maximum atomic E-state index is 10.2. The molecule has 3 atom stereocenters. The molecule has 0 bridgehead atoms. The Morgan fingerprint density at radius 2 is 1.94 bits per heavy atom. The minimum Gasteiger partial charge on any atom is -0.396 e. The van der Waals surface area contributed by atoms with Crippen molar-refractivity contribution in [3.8, 4) is 11.8 Å². The molecule has 0 aliphatic heterocycles. The highest BCUT2D eigenvalue weighted by atomic mass is 16.3. The Morgan fingerprint density at radius 3 is 2.44 bits per heavy atom. The van der Waals surface area contributed by atoms with Crippen LogP contribution in [0.25, 0.3) is 0 Å². The number of aliphatic hydroxyl groups excluding tert-OH is 2. The minimum atomic E-state index is -0.573. The van der Waals surface area contributed by atoms with Gasteiger partial charge in [0.2, 0.25) is 0 Å². The first kappa shape index (κ1) is 13.5. The van der Waals surface area contributed by atoms with Crippen molar-refractivity contribution in [2.45, 2.75) is 53.1 Å². The molecule has 1 rings (SSSR count). The lowest BCUT2D eigenvalue weighted by molar-refractivity contribution is 0.0125. The Bertz CT molecular complexity index is 298. The number of hydrogen-bond donors (Lipinski definition) is 2. The Hall–Kier alpha value is -0.520. The van der Waals surface area contributed by atoms with Gasteiger partial charge in [-0.2, -0.15) is 0 Å². The van der Waals surface area contributed by atoms with Gasteiger partial charge in [0.15, 0.2) is 0 Å². The third kappa shape index (κ3) is 2.26. The van der Waals surface area contributed by atoms with Gasteiger partial charge < -0.3 is 10.2 Å². The summed E-state index contributed by atoms with van der Waals surface area (Å²) in [6.07, 6.45) is 2.26. The second-order valence-corrected chi connectivity index (χ2v) is 5.86. The molecular weight excluding hydrogens is 200 g/mol. The molecule has 2 nitrogen and oxygen atoms in total. The predicted octanol–water partition coefficient (Wildman–Crippen LogP) is 2.20. The standard InChI is InChI=1S/C14H24O2/c1-5-6-12(16)14(4)9-8-13(2,3)11(14)7-10-15/h11-12,15-16H,7-10H2,1-4H3/t11-,12?,14+/m1/s1. The van der Waals surface area contributed by atoms with Gasteiger partial charge in [-0.15, -0.1) is 5.92 Å². The van der Waals surface area contributed by atoms with Crippen molar-refractivity contribution < 1.29 is 10.2 Å². The van der Waals surface area contributed by atoms with Gasteiger partial charge in [0.05, 0.1) is 0 Å². The van der Waals surface area contributed by atoms with Crippen molar-refractivity contribution in [2.24, 2.45) is 16.7 Å². The fraction of sp³-hybridized carbons (Fsp3) is 0.857. The van der Waals surface area contributed by atoms with Crippen LogP contribution in [0.2, 0.25) is 0 Å². The smallest absolute Gasteiger partial charge is 0.120 e. The average molecular weight is 224 g/mol. The van der Waals surface area contributed by atoms with Gasteiger partial charge in [-0.25, -0.2) is 0 Å². The van der Waals surface area contributed by atoms with E-state index in [2.05, 4.69) is 32.6 Å². The van der Waals surface area contributed by atoms with Crippen LogP contribution in [0, 0.1) is 28.6 Å². The fourth-order valence-electron chi connectivity index (χ4n) is 3.31. The van der Waals surface area contributed by atoms with Crippen LogP contribution in [0.4, 0.5) is 0 Å². The van der Waals surface area contributed by atoms with Gasteiger partial charge in [-0.3, -0.25) is 0 Å². The van der Waals surface area contributed by atoms with Crippen molar-refractivity contribution in [2.75, 3.05) is 6.61 Å². The molecule has 1 aliphatic carbocycles. The van der Waals surface area contributed by atoms with Crippen LogP contribution in [-0.2, 0) is 0 Å². The zero-order chi connectivity index (χ0) is 12.4. The molecular formula is C14H24O2. The van der Waals surface area contributed by atoms with Crippen LogP contribution in [-0.4, -0.2) is 22.9 Å². The molecule has 2 N–H and O–H groups in total. The molecule has 2 heteroatoms. The quantitative estimate of drug-likeness (QED) is 0.721. The lowest BCUT2D eigenvalue weighted by Gasteiger charge is -2.39. The van der Waals surface area contributed by atoms with E-state index in [4.69, 9.17) is 0 Å². The van der Waals surface area contributed by atoms with E-state index in [1.54, 1.807) is 6.92 Å². The van der Waals surface area contributed by atoms with E-state index >= 15 is 0 Å². The van der Waals surface area contributed by atoms with E-state index in [9.17, 15) is 10.2 Å². The van der Waals surface area contributed by atoms with Crippen molar-refractivity contribution >= 4 is 0 Å². The molecule has 0 saturated heterocycles. The fourth-order valence-corrected chi connectivity index (χ4v) is 3.31. The molecule has 0 spiro atoms. The van der Waals surface area contributed by atoms with Crippen molar-refractivity contribution in [3.05, 3.63) is 0 Å². The first-order valence-electron chi connectivity index (χ1n) is 6.09. The van der Waals surface area contributed by atoms with Crippen LogP contribution < -0.4 is 0 Å². The Morgan fingerprint density at radius 1 is 1.31 bits per heavy atom. The molecule has 1 fully saturated rings. The summed E-state index contributed by atoms with van der Waals surface area (Å²) < 4.78 is 0. The summed E-state index contributed by atoms with van der Waals surface area (Å²) in [4.78, 5) is 0. The van der Waals surface area contributed by atoms with Crippen molar-refractivity contribution in [3.63, 3.8) is 0 Å². The second-order valence-electron chi connectivity index (χ2n) is 5.86. The summed E-state index contributed by atoms with van der Waals surface area (Å²) in [6.45, 7) is 8.51. The van der Waals surface area contributed by atoms with E-state index in [1.807, 2.05) is 0 Å². The number of hydrogen-bond acceptors (Lipinski definition) is 2. The Balaban J connectivity index is 2.97. The summed E-state index contributed by atoms with van der Waals surface area (Å²) in [7, 11) is 0. The zero-order valence-corrected chi connectivity index (χ0v) is 10.9. The molecule has 1 saturated carbocycles. The van der Waals surface area contributed by atoms with Crippen LogP contribution in [0.3, 0.4) is 0 Å². The van der Waals surface area contributed by atoms with Crippen LogP contribution in [0.5, 0.6) is 0 Å². The molecule has 92 valence electrons. The van der Waals surface area contributed by atoms with E-state index in [-0.39, 0.29) is 17.4 Å². The van der Waals surface area contributed by atoms with Crippen molar-refractivity contribution in [1.82, 2.24) is 0 Å². The van der Waals surface area contributed by atoms with Crippen LogP contribution >= 0.6 is 0 Å². The van der Waals surface area contributed by atoms with Crippen molar-refractivity contribution in [1.29, 1.82) is 0 Å². The molecule has 0 aromatic heterocycles. The highest BCUT2D eigenvalue weighted by molar-refractivity contribution is 5.13. The summed E-state index contributed by atoms with van der Waals surface area (Å²) >= 11 is 0. The normalized spacial score (nSPS) is 34.2. The SMILES string of the molecule is CC#CC(O)[C@@]1(C)CCC(C)(C)[C@H]1CCO. The molecule has 0 aromatic rings. The molecule has 1 aliphatic rings. The predicted molar refractivity (Wildman–Crippen MR) is 65.8 cm³/mol. The Kier molecular flexibility index (Phi) is 4.04. The number of aliphatic hydroxyl groups is 2. The third-order valence-corrected chi connectivity index (χ3v) is 4.37.